The van der Waals surface area contributed by atoms with Gasteiger partial charge in [0.2, 0.25) is 11.0 Å². The lowest BCUT2D eigenvalue weighted by atomic mass is 10.1. The van der Waals surface area contributed by atoms with Crippen molar-refractivity contribution in [2.75, 3.05) is 5.32 Å². The van der Waals surface area contributed by atoms with Gasteiger partial charge in [-0.15, -0.1) is 11.3 Å². The van der Waals surface area contributed by atoms with Gasteiger partial charge in [0, 0.05) is 21.8 Å². The van der Waals surface area contributed by atoms with Crippen molar-refractivity contribution < 1.29 is 4.79 Å². The van der Waals surface area contributed by atoms with Gasteiger partial charge >= 0.3 is 0 Å². The first kappa shape index (κ1) is 20.6. The molecule has 0 aliphatic carbocycles. The van der Waals surface area contributed by atoms with Crippen LogP contribution in [0.5, 0.6) is 0 Å². The average Bonchev–Trinajstić information content (AvgIpc) is 3.20. The summed E-state index contributed by atoms with van der Waals surface area (Å²) in [5, 5.41) is 10.8. The number of hydrogen-bond acceptors (Lipinski definition) is 4. The highest BCUT2D eigenvalue weighted by atomic mass is 35.5. The first-order valence-corrected chi connectivity index (χ1v) is 10.8. The van der Waals surface area contributed by atoms with Crippen molar-refractivity contribution in [3.8, 4) is 5.13 Å². The Morgan fingerprint density at radius 2 is 2.11 bits per heavy atom. The Morgan fingerprint density at radius 1 is 1.29 bits per heavy atom. The van der Waals surface area contributed by atoms with Crippen LogP contribution >= 0.6 is 22.9 Å². The Morgan fingerprint density at radius 3 is 2.86 bits per heavy atom. The van der Waals surface area contributed by atoms with Crippen molar-refractivity contribution in [2.24, 2.45) is 0 Å². The molecule has 1 N–H and O–H groups in total. The number of benzene rings is 1. The van der Waals surface area contributed by atoms with Crippen molar-refractivity contribution >= 4 is 34.5 Å². The molecule has 7 heteroatoms. The van der Waals surface area contributed by atoms with Gasteiger partial charge in [-0.05, 0) is 50.5 Å². The lowest BCUT2D eigenvalue weighted by Crippen LogP contribution is -2.14. The van der Waals surface area contributed by atoms with Gasteiger partial charge in [0.05, 0.1) is 17.8 Å². The van der Waals surface area contributed by atoms with Gasteiger partial charge in [0.1, 0.15) is 0 Å². The Kier molecular flexibility index (Phi) is 6.86. The summed E-state index contributed by atoms with van der Waals surface area (Å²) in [4.78, 5) is 16.9. The predicted molar refractivity (Wildman–Crippen MR) is 116 cm³/mol. The highest BCUT2D eigenvalue weighted by Gasteiger charge is 2.16. The number of carbonyl (C=O) groups is 1. The molecular weight excluding hydrogens is 392 g/mol. The van der Waals surface area contributed by atoms with E-state index in [0.717, 1.165) is 28.6 Å². The van der Waals surface area contributed by atoms with E-state index in [1.807, 2.05) is 16.1 Å². The molecule has 0 spiro atoms. The SMILES string of the molecule is CCCCCc1c(C)nn(-c2nc(CC(=O)Nc3cccc(Cl)c3)cs2)c1C. The van der Waals surface area contributed by atoms with E-state index in [1.54, 1.807) is 18.2 Å². The normalized spacial score (nSPS) is 11.0. The lowest BCUT2D eigenvalue weighted by Gasteiger charge is -2.04. The van der Waals surface area contributed by atoms with E-state index in [4.69, 9.17) is 11.6 Å². The smallest absolute Gasteiger partial charge is 0.230 e. The summed E-state index contributed by atoms with van der Waals surface area (Å²) in [5.74, 6) is -0.118. The maximum Gasteiger partial charge on any atom is 0.230 e. The number of hydrogen-bond donors (Lipinski definition) is 1. The second-order valence-electron chi connectivity index (χ2n) is 6.88. The molecule has 0 aliphatic rings. The Labute approximate surface area is 174 Å². The van der Waals surface area contributed by atoms with Crippen LogP contribution in [0.15, 0.2) is 29.6 Å². The molecule has 0 saturated carbocycles. The molecule has 0 saturated heterocycles. The maximum atomic E-state index is 12.3. The zero-order valence-electron chi connectivity index (χ0n) is 16.5. The zero-order valence-corrected chi connectivity index (χ0v) is 18.0. The lowest BCUT2D eigenvalue weighted by molar-refractivity contribution is -0.115. The van der Waals surface area contributed by atoms with Crippen LogP contribution in [0, 0.1) is 13.8 Å². The van der Waals surface area contributed by atoms with Crippen molar-refractivity contribution in [3.63, 3.8) is 0 Å². The third kappa shape index (κ3) is 5.00. The molecule has 2 heterocycles. The Bertz CT molecular complexity index is 963. The summed E-state index contributed by atoms with van der Waals surface area (Å²) in [6, 6.07) is 7.11. The molecule has 28 heavy (non-hydrogen) atoms. The highest BCUT2D eigenvalue weighted by molar-refractivity contribution is 7.12. The number of amides is 1. The van der Waals surface area contributed by atoms with E-state index in [2.05, 4.69) is 36.2 Å². The first-order chi connectivity index (χ1) is 13.5. The topological polar surface area (TPSA) is 59.8 Å². The number of thiazole rings is 1. The fourth-order valence-electron chi connectivity index (χ4n) is 3.19. The molecule has 1 aromatic carbocycles. The monoisotopic (exact) mass is 416 g/mol. The van der Waals surface area contributed by atoms with Gasteiger partial charge < -0.3 is 5.32 Å². The molecule has 148 valence electrons. The number of anilines is 1. The van der Waals surface area contributed by atoms with Gasteiger partial charge in [0.15, 0.2) is 0 Å². The van der Waals surface area contributed by atoms with Crippen molar-refractivity contribution in [1.29, 1.82) is 0 Å². The number of unbranched alkanes of at least 4 members (excludes halogenated alkanes) is 2. The number of nitrogens with one attached hydrogen (secondary N) is 1. The van der Waals surface area contributed by atoms with Crippen LogP contribution in [0.2, 0.25) is 5.02 Å². The van der Waals surface area contributed by atoms with Crippen LogP contribution < -0.4 is 5.32 Å². The number of aromatic nitrogens is 3. The molecule has 0 bridgehead atoms. The van der Waals surface area contributed by atoms with Gasteiger partial charge in [-0.25, -0.2) is 9.67 Å². The van der Waals surface area contributed by atoms with Crippen LogP contribution in [0.1, 0.15) is 48.8 Å². The third-order valence-electron chi connectivity index (χ3n) is 4.64. The minimum absolute atomic E-state index is 0.118. The molecule has 2 aromatic heterocycles. The van der Waals surface area contributed by atoms with Crippen LogP contribution in [-0.2, 0) is 17.6 Å². The Hall–Kier alpha value is -2.18. The minimum atomic E-state index is -0.118. The highest BCUT2D eigenvalue weighted by Crippen LogP contribution is 2.23. The van der Waals surface area contributed by atoms with Crippen molar-refractivity contribution in [3.05, 3.63) is 57.3 Å². The molecule has 0 atom stereocenters. The molecule has 0 radical (unpaired) electrons. The fourth-order valence-corrected chi connectivity index (χ4v) is 4.20. The summed E-state index contributed by atoms with van der Waals surface area (Å²) >= 11 is 7.46. The molecule has 0 fully saturated rings. The quantitative estimate of drug-likeness (QED) is 0.492. The number of carbonyl (C=O) groups excluding carboxylic acids is 1. The molecular formula is C21H25ClN4OS. The number of aryl methyl sites for hydroxylation is 1. The number of nitrogens with zero attached hydrogens (tertiary/aromatic N) is 3. The Balaban J connectivity index is 1.68. The van der Waals surface area contributed by atoms with Gasteiger partial charge in [0.25, 0.3) is 0 Å². The number of rotatable bonds is 8. The van der Waals surface area contributed by atoms with Crippen LogP contribution in [-0.4, -0.2) is 20.7 Å². The third-order valence-corrected chi connectivity index (χ3v) is 5.74. The van der Waals surface area contributed by atoms with Gasteiger partial charge in [-0.3, -0.25) is 4.79 Å². The minimum Gasteiger partial charge on any atom is -0.326 e. The summed E-state index contributed by atoms with van der Waals surface area (Å²) < 4.78 is 1.90. The van der Waals surface area contributed by atoms with E-state index < -0.39 is 0 Å². The molecule has 3 rings (SSSR count). The van der Waals surface area contributed by atoms with E-state index in [9.17, 15) is 4.79 Å². The molecule has 0 unspecified atom stereocenters. The fraction of sp³-hybridized carbons (Fsp3) is 0.381. The van der Waals surface area contributed by atoms with E-state index >= 15 is 0 Å². The van der Waals surface area contributed by atoms with E-state index in [-0.39, 0.29) is 12.3 Å². The summed E-state index contributed by atoms with van der Waals surface area (Å²) in [5.41, 5.74) is 4.92. The largest absolute Gasteiger partial charge is 0.326 e. The van der Waals surface area contributed by atoms with Crippen molar-refractivity contribution in [1.82, 2.24) is 14.8 Å². The molecule has 5 nitrogen and oxygen atoms in total. The molecule has 0 aliphatic heterocycles. The van der Waals surface area contributed by atoms with Crippen LogP contribution in [0.3, 0.4) is 0 Å². The van der Waals surface area contributed by atoms with Crippen molar-refractivity contribution in [2.45, 2.75) is 52.9 Å². The zero-order chi connectivity index (χ0) is 20.1. The van der Waals surface area contributed by atoms with E-state index in [0.29, 0.717) is 10.7 Å². The van der Waals surface area contributed by atoms with Crippen LogP contribution in [0.4, 0.5) is 5.69 Å². The van der Waals surface area contributed by atoms with E-state index in [1.165, 1.54) is 36.2 Å². The first-order valence-electron chi connectivity index (χ1n) is 9.53. The second kappa shape index (κ2) is 9.34. The number of halogens is 1. The molecule has 1 amide bonds. The summed E-state index contributed by atoms with van der Waals surface area (Å²) in [6.07, 6.45) is 4.88. The maximum absolute atomic E-state index is 12.3. The van der Waals surface area contributed by atoms with Crippen LogP contribution in [0.25, 0.3) is 5.13 Å². The summed E-state index contributed by atoms with van der Waals surface area (Å²) in [6.45, 7) is 6.36. The summed E-state index contributed by atoms with van der Waals surface area (Å²) in [7, 11) is 0. The van der Waals surface area contributed by atoms with Gasteiger partial charge in [-0.1, -0.05) is 37.4 Å². The molecule has 3 aromatic rings. The second-order valence-corrected chi connectivity index (χ2v) is 8.15. The standard InChI is InChI=1S/C21H25ClN4OS/c1-4-5-6-10-19-14(2)25-26(15(19)3)21-24-18(13-28-21)12-20(27)23-17-9-7-8-16(22)11-17/h7-9,11,13H,4-6,10,12H2,1-3H3,(H,23,27). The predicted octanol–water partition coefficient (Wildman–Crippen LogP) is 5.51. The van der Waals surface area contributed by atoms with Gasteiger partial charge in [-0.2, -0.15) is 5.10 Å². The average molecular weight is 417 g/mol.